The van der Waals surface area contributed by atoms with Gasteiger partial charge in [-0.2, -0.15) is 9.78 Å². The Morgan fingerprint density at radius 2 is 1.79 bits per heavy atom. The summed E-state index contributed by atoms with van der Waals surface area (Å²) in [5.41, 5.74) is 5.00. The lowest BCUT2D eigenvalue weighted by Crippen LogP contribution is -2.21. The highest BCUT2D eigenvalue weighted by Crippen LogP contribution is 2.34. The molecule has 0 N–H and O–H groups in total. The van der Waals surface area contributed by atoms with Gasteiger partial charge in [0, 0.05) is 17.4 Å². The number of hydrogen-bond acceptors (Lipinski definition) is 5. The van der Waals surface area contributed by atoms with E-state index in [4.69, 9.17) is 19.6 Å². The van der Waals surface area contributed by atoms with Gasteiger partial charge in [-0.15, -0.1) is 0 Å². The number of hydrogen-bond donors (Lipinski definition) is 0. The van der Waals surface area contributed by atoms with Crippen molar-refractivity contribution in [2.24, 2.45) is 5.10 Å². The predicted octanol–water partition coefficient (Wildman–Crippen LogP) is 6.58. The highest BCUT2D eigenvalue weighted by molar-refractivity contribution is 5.82. The van der Waals surface area contributed by atoms with E-state index in [-0.39, 0.29) is 11.5 Å². The maximum absolute atomic E-state index is 13.8. The van der Waals surface area contributed by atoms with Crippen LogP contribution < -0.4 is 15.0 Å². The molecule has 7 nitrogen and oxygen atoms in total. The zero-order valence-corrected chi connectivity index (χ0v) is 22.9. The second kappa shape index (κ2) is 11.0. The smallest absolute Gasteiger partial charge is 0.282 e. The summed E-state index contributed by atoms with van der Waals surface area (Å²) in [6.45, 7) is 8.80. The van der Waals surface area contributed by atoms with Crippen LogP contribution in [0.2, 0.25) is 0 Å². The average Bonchev–Trinajstić information content (AvgIpc) is 3.41. The number of aryl methyl sites for hydroxylation is 1. The summed E-state index contributed by atoms with van der Waals surface area (Å²) in [5.74, 6) is 2.34. The molecule has 0 amide bonds. The lowest BCUT2D eigenvalue weighted by molar-refractivity contribution is 0.340. The topological polar surface area (TPSA) is 70.6 Å². The van der Waals surface area contributed by atoms with Crippen molar-refractivity contribution in [2.45, 2.75) is 33.6 Å². The van der Waals surface area contributed by atoms with Gasteiger partial charge in [-0.05, 0) is 91.6 Å². The van der Waals surface area contributed by atoms with Gasteiger partial charge < -0.3 is 14.0 Å². The molecule has 198 valence electrons. The molecule has 0 aliphatic heterocycles. The van der Waals surface area contributed by atoms with Crippen LogP contribution in [-0.4, -0.2) is 34.2 Å². The van der Waals surface area contributed by atoms with Crippen molar-refractivity contribution < 1.29 is 9.47 Å². The Balaban J connectivity index is 1.66. The van der Waals surface area contributed by atoms with Gasteiger partial charge in [-0.3, -0.25) is 4.79 Å². The normalized spacial score (nSPS) is 11.5. The second-order valence-corrected chi connectivity index (χ2v) is 9.61. The van der Waals surface area contributed by atoms with Gasteiger partial charge in [0.05, 0.1) is 36.5 Å². The van der Waals surface area contributed by atoms with Crippen LogP contribution in [-0.2, 0) is 0 Å². The Labute approximate surface area is 228 Å². The molecule has 0 unspecified atom stereocenters. The third kappa shape index (κ3) is 5.08. The van der Waals surface area contributed by atoms with Crippen molar-refractivity contribution >= 4 is 17.1 Å². The number of nitrogens with zero attached hydrogens (tertiary/aromatic N) is 4. The Bertz CT molecular complexity index is 1710. The monoisotopic (exact) mass is 520 g/mol. The number of methoxy groups -OCH3 is 1. The van der Waals surface area contributed by atoms with Crippen LogP contribution in [0.4, 0.5) is 0 Å². The molecule has 5 aromatic rings. The molecule has 39 heavy (non-hydrogen) atoms. The maximum Gasteiger partial charge on any atom is 0.282 e. The molecule has 5 rings (SSSR count). The molecular formula is C32H32N4O3. The van der Waals surface area contributed by atoms with Crippen molar-refractivity contribution in [1.82, 2.24) is 14.2 Å². The van der Waals surface area contributed by atoms with Gasteiger partial charge in [0.25, 0.3) is 5.56 Å². The van der Waals surface area contributed by atoms with Crippen LogP contribution in [0.3, 0.4) is 0 Å². The van der Waals surface area contributed by atoms with E-state index in [1.54, 1.807) is 19.4 Å². The van der Waals surface area contributed by atoms with E-state index in [1.165, 1.54) is 4.68 Å². The van der Waals surface area contributed by atoms with E-state index < -0.39 is 0 Å². The van der Waals surface area contributed by atoms with Crippen LogP contribution in [0.5, 0.6) is 11.5 Å². The van der Waals surface area contributed by atoms with E-state index >= 15 is 0 Å². The molecular weight excluding hydrogens is 488 g/mol. The summed E-state index contributed by atoms with van der Waals surface area (Å²) in [5, 5.41) is 5.22. The first-order valence-corrected chi connectivity index (χ1v) is 13.1. The van der Waals surface area contributed by atoms with E-state index in [1.807, 2.05) is 85.3 Å². The first-order chi connectivity index (χ1) is 18.9. The van der Waals surface area contributed by atoms with E-state index in [0.717, 1.165) is 39.6 Å². The van der Waals surface area contributed by atoms with Crippen LogP contribution in [0.1, 0.15) is 43.5 Å². The Morgan fingerprint density at radius 1 is 1.03 bits per heavy atom. The van der Waals surface area contributed by atoms with Crippen LogP contribution in [0.15, 0.2) is 88.9 Å². The molecule has 0 fully saturated rings. The first-order valence-electron chi connectivity index (χ1n) is 13.1. The number of para-hydroxylation sites is 1. The molecule has 0 aliphatic rings. The lowest BCUT2D eigenvalue weighted by Gasteiger charge is -2.17. The summed E-state index contributed by atoms with van der Waals surface area (Å²) < 4.78 is 14.6. The largest absolute Gasteiger partial charge is 0.496 e. The van der Waals surface area contributed by atoms with Gasteiger partial charge in [-0.25, -0.2) is 4.98 Å². The molecule has 0 saturated heterocycles. The zero-order chi connectivity index (χ0) is 27.5. The quantitative estimate of drug-likeness (QED) is 0.217. The lowest BCUT2D eigenvalue weighted by atomic mass is 9.96. The van der Waals surface area contributed by atoms with E-state index in [0.29, 0.717) is 23.3 Å². The zero-order valence-electron chi connectivity index (χ0n) is 22.9. The molecule has 2 aromatic heterocycles. The van der Waals surface area contributed by atoms with Gasteiger partial charge in [0.15, 0.2) is 5.82 Å². The highest BCUT2D eigenvalue weighted by atomic mass is 16.5. The van der Waals surface area contributed by atoms with E-state index in [9.17, 15) is 4.79 Å². The number of aromatic nitrogens is 3. The van der Waals surface area contributed by atoms with E-state index in [2.05, 4.69) is 19.9 Å². The SMILES string of the molecule is CCOc1ccc(-n2cccc2C=Nn2c(-c3cc(C(C)C)c(OC)cc3C)nc3ccccc3c2=O)cc1. The summed E-state index contributed by atoms with van der Waals surface area (Å²) in [7, 11) is 1.67. The fourth-order valence-electron chi connectivity index (χ4n) is 4.69. The van der Waals surface area contributed by atoms with Gasteiger partial charge in [0.2, 0.25) is 0 Å². The summed E-state index contributed by atoms with van der Waals surface area (Å²) in [6, 6.07) is 23.2. The minimum Gasteiger partial charge on any atom is -0.496 e. The third-order valence-corrected chi connectivity index (χ3v) is 6.71. The standard InChI is InChI=1S/C32H32N4O3/c1-6-39-25-15-13-23(14-16-25)35-17-9-10-24(35)20-33-36-31(34-29-12-8-7-11-26(29)32(36)37)28-19-27(21(2)3)30(38-5)18-22(28)4/h7-21H,6H2,1-5H3. The molecule has 3 aromatic carbocycles. The van der Waals surface area contributed by atoms with Crippen molar-refractivity contribution in [3.63, 3.8) is 0 Å². The van der Waals surface area contributed by atoms with Gasteiger partial charge >= 0.3 is 0 Å². The van der Waals surface area contributed by atoms with Crippen molar-refractivity contribution in [1.29, 1.82) is 0 Å². The molecule has 0 aliphatic carbocycles. The minimum atomic E-state index is -0.229. The molecule has 7 heteroatoms. The molecule has 0 saturated carbocycles. The van der Waals surface area contributed by atoms with Gasteiger partial charge in [0.1, 0.15) is 11.5 Å². The molecule has 2 heterocycles. The average molecular weight is 521 g/mol. The molecule has 0 radical (unpaired) electrons. The number of benzene rings is 3. The molecule has 0 bridgehead atoms. The Hall–Kier alpha value is -4.65. The second-order valence-electron chi connectivity index (χ2n) is 9.61. The van der Waals surface area contributed by atoms with Crippen LogP contribution in [0.25, 0.3) is 28.0 Å². The van der Waals surface area contributed by atoms with Crippen LogP contribution in [0, 0.1) is 6.92 Å². The summed E-state index contributed by atoms with van der Waals surface area (Å²) in [6.07, 6.45) is 3.65. The fraction of sp³-hybridized carbons (Fsp3) is 0.219. The van der Waals surface area contributed by atoms with Crippen molar-refractivity contribution in [3.8, 4) is 28.6 Å². The number of fused-ring (bicyclic) bond motifs is 1. The van der Waals surface area contributed by atoms with Crippen LogP contribution >= 0.6 is 0 Å². The fourth-order valence-corrected chi connectivity index (χ4v) is 4.69. The van der Waals surface area contributed by atoms with Crippen molar-refractivity contribution in [2.75, 3.05) is 13.7 Å². The summed E-state index contributed by atoms with van der Waals surface area (Å²) >= 11 is 0. The highest BCUT2D eigenvalue weighted by Gasteiger charge is 2.18. The molecule has 0 atom stereocenters. The van der Waals surface area contributed by atoms with Crippen molar-refractivity contribution in [3.05, 3.63) is 106 Å². The minimum absolute atomic E-state index is 0.223. The Morgan fingerprint density at radius 3 is 2.51 bits per heavy atom. The predicted molar refractivity (Wildman–Crippen MR) is 157 cm³/mol. The van der Waals surface area contributed by atoms with Gasteiger partial charge in [-0.1, -0.05) is 26.0 Å². The first kappa shape index (κ1) is 26.0. The number of rotatable bonds is 8. The maximum atomic E-state index is 13.8. The Kier molecular flexibility index (Phi) is 7.32. The molecule has 0 spiro atoms. The third-order valence-electron chi connectivity index (χ3n) is 6.71. The summed E-state index contributed by atoms with van der Waals surface area (Å²) in [4.78, 5) is 18.7. The number of ether oxygens (including phenoxy) is 2.